The number of anilines is 2. The summed E-state index contributed by atoms with van der Waals surface area (Å²) in [6.45, 7) is 6.92. The molecule has 3 aliphatic rings. The standard InChI is InChI=1S/C27H35N5O3.C2HF3O2/c33-26(28-17-23-15-21-18-35-19-25(21)29-23)27(34)30-22-7-4-8-24(16-22)32-13-11-31(12-14-32)10-9-20-5-2-1-3-6-20;3-2(4,5)1(6)7/h1-8,16,21,23,25,29H,9-15,17-19H2,(H,28,33)(H,30,34);(H,6,7). The summed E-state index contributed by atoms with van der Waals surface area (Å²) in [4.78, 5) is 38.5. The predicted octanol–water partition coefficient (Wildman–Crippen LogP) is 2.12. The first-order chi connectivity index (χ1) is 20.1. The van der Waals surface area contributed by atoms with Crippen LogP contribution in [0.25, 0.3) is 0 Å². The van der Waals surface area contributed by atoms with Gasteiger partial charge in [0.15, 0.2) is 0 Å². The SMILES string of the molecule is O=C(NCC1CC2COCC2N1)C(=O)Nc1cccc(N2CCN(CCc3ccccc3)CC2)c1.O=C(O)C(F)(F)F. The number of nitrogens with one attached hydrogen (secondary N) is 3. The average Bonchev–Trinajstić information content (AvgIpc) is 3.58. The van der Waals surface area contributed by atoms with E-state index in [0.717, 1.165) is 64.5 Å². The lowest BCUT2D eigenvalue weighted by Gasteiger charge is -2.36. The molecule has 3 atom stereocenters. The first-order valence-corrected chi connectivity index (χ1v) is 13.9. The second-order valence-corrected chi connectivity index (χ2v) is 10.6. The Bertz CT molecular complexity index is 1200. The number of halogens is 3. The first-order valence-electron chi connectivity index (χ1n) is 13.9. The zero-order valence-electron chi connectivity index (χ0n) is 23.1. The molecule has 0 spiro atoms. The van der Waals surface area contributed by atoms with Gasteiger partial charge in [0.2, 0.25) is 0 Å². The van der Waals surface area contributed by atoms with Crippen molar-refractivity contribution in [2.45, 2.75) is 31.1 Å². The van der Waals surface area contributed by atoms with Crippen molar-refractivity contribution in [2.75, 3.05) is 62.7 Å². The summed E-state index contributed by atoms with van der Waals surface area (Å²) in [5.41, 5.74) is 3.08. The van der Waals surface area contributed by atoms with Gasteiger partial charge in [0.05, 0.1) is 13.2 Å². The van der Waals surface area contributed by atoms with Crippen LogP contribution in [0.4, 0.5) is 24.5 Å². The Labute approximate surface area is 242 Å². The third kappa shape index (κ3) is 9.16. The van der Waals surface area contributed by atoms with Gasteiger partial charge in [-0.05, 0) is 36.6 Å². The van der Waals surface area contributed by atoms with Crippen molar-refractivity contribution in [3.63, 3.8) is 0 Å². The number of carboxylic acids is 1. The Morgan fingerprint density at radius 1 is 0.976 bits per heavy atom. The third-order valence-electron chi connectivity index (χ3n) is 7.59. The Kier molecular flexibility index (Phi) is 10.8. The van der Waals surface area contributed by atoms with E-state index >= 15 is 0 Å². The number of carbonyl (C=O) groups excluding carboxylic acids is 2. The van der Waals surface area contributed by atoms with Crippen molar-refractivity contribution < 1.29 is 37.4 Å². The maximum atomic E-state index is 12.4. The minimum Gasteiger partial charge on any atom is -0.475 e. The fraction of sp³-hybridized carbons (Fsp3) is 0.483. The number of benzene rings is 2. The van der Waals surface area contributed by atoms with Crippen LogP contribution in [0.5, 0.6) is 0 Å². The van der Waals surface area contributed by atoms with E-state index in [1.54, 1.807) is 0 Å². The normalized spacial score (nSPS) is 22.1. The van der Waals surface area contributed by atoms with Crippen molar-refractivity contribution in [2.24, 2.45) is 5.92 Å². The molecule has 42 heavy (non-hydrogen) atoms. The van der Waals surface area contributed by atoms with Crippen LogP contribution < -0.4 is 20.9 Å². The highest BCUT2D eigenvalue weighted by molar-refractivity contribution is 6.39. The summed E-state index contributed by atoms with van der Waals surface area (Å²) in [6, 6.07) is 18.9. The molecule has 2 amide bonds. The highest BCUT2D eigenvalue weighted by atomic mass is 19.4. The van der Waals surface area contributed by atoms with Crippen molar-refractivity contribution in [3.05, 3.63) is 60.2 Å². The number of aliphatic carboxylic acids is 1. The lowest BCUT2D eigenvalue weighted by Crippen LogP contribution is -2.47. The second-order valence-electron chi connectivity index (χ2n) is 10.6. The van der Waals surface area contributed by atoms with Gasteiger partial charge in [-0.1, -0.05) is 36.4 Å². The molecule has 3 unspecified atom stereocenters. The molecule has 0 aliphatic carbocycles. The maximum absolute atomic E-state index is 12.4. The summed E-state index contributed by atoms with van der Waals surface area (Å²) in [6.07, 6.45) is -3.05. The number of ether oxygens (including phenoxy) is 1. The Morgan fingerprint density at radius 3 is 2.36 bits per heavy atom. The minimum absolute atomic E-state index is 0.195. The van der Waals surface area contributed by atoms with Crippen LogP contribution in [0.3, 0.4) is 0 Å². The van der Waals surface area contributed by atoms with Crippen molar-refractivity contribution in [3.8, 4) is 0 Å². The number of hydrogen-bond acceptors (Lipinski definition) is 7. The minimum atomic E-state index is -5.08. The van der Waals surface area contributed by atoms with E-state index in [1.165, 1.54) is 5.56 Å². The number of carbonyl (C=O) groups is 3. The molecule has 4 N–H and O–H groups in total. The first kappa shape index (κ1) is 31.3. The van der Waals surface area contributed by atoms with Crippen LogP contribution in [0, 0.1) is 5.92 Å². The van der Waals surface area contributed by atoms with E-state index in [2.05, 4.69) is 62.1 Å². The third-order valence-corrected chi connectivity index (χ3v) is 7.59. The number of amides is 2. The van der Waals surface area contributed by atoms with Gasteiger partial charge in [-0.3, -0.25) is 14.5 Å². The van der Waals surface area contributed by atoms with Crippen LogP contribution >= 0.6 is 0 Å². The van der Waals surface area contributed by atoms with Crippen molar-refractivity contribution >= 4 is 29.2 Å². The quantitative estimate of drug-likeness (QED) is 0.362. The van der Waals surface area contributed by atoms with Gasteiger partial charge in [0.25, 0.3) is 0 Å². The van der Waals surface area contributed by atoms with Gasteiger partial charge in [0.1, 0.15) is 0 Å². The molecule has 3 saturated heterocycles. The van der Waals surface area contributed by atoms with Crippen LogP contribution in [0.1, 0.15) is 12.0 Å². The molecule has 13 heteroatoms. The number of piperazine rings is 1. The van der Waals surface area contributed by atoms with Gasteiger partial charge in [0, 0.05) is 68.6 Å². The largest absolute Gasteiger partial charge is 0.490 e. The fourth-order valence-corrected chi connectivity index (χ4v) is 5.32. The molecule has 5 rings (SSSR count). The molecule has 10 nitrogen and oxygen atoms in total. The van der Waals surface area contributed by atoms with Gasteiger partial charge in [-0.2, -0.15) is 13.2 Å². The molecule has 228 valence electrons. The molecular weight excluding hydrogens is 555 g/mol. The van der Waals surface area contributed by atoms with Crippen molar-refractivity contribution in [1.29, 1.82) is 0 Å². The molecule has 0 saturated carbocycles. The number of fused-ring (bicyclic) bond motifs is 1. The van der Waals surface area contributed by atoms with Crippen LogP contribution in [-0.4, -0.2) is 98.5 Å². The zero-order chi connectivity index (χ0) is 30.1. The van der Waals surface area contributed by atoms with Crippen LogP contribution in [0.2, 0.25) is 0 Å². The lowest BCUT2D eigenvalue weighted by atomic mass is 10.0. The van der Waals surface area contributed by atoms with Gasteiger partial charge in [-0.25, -0.2) is 4.79 Å². The Morgan fingerprint density at radius 2 is 1.69 bits per heavy atom. The highest BCUT2D eigenvalue weighted by Gasteiger charge is 2.38. The molecule has 2 aromatic rings. The van der Waals surface area contributed by atoms with E-state index in [-0.39, 0.29) is 6.04 Å². The van der Waals surface area contributed by atoms with Crippen LogP contribution in [-0.2, 0) is 25.5 Å². The van der Waals surface area contributed by atoms with E-state index in [0.29, 0.717) is 24.2 Å². The second kappa shape index (κ2) is 14.5. The van der Waals surface area contributed by atoms with E-state index in [1.807, 2.05) is 18.2 Å². The number of nitrogens with zero attached hydrogens (tertiary/aromatic N) is 2. The molecule has 3 heterocycles. The average molecular weight is 592 g/mol. The smallest absolute Gasteiger partial charge is 0.475 e. The number of alkyl halides is 3. The number of hydrogen-bond donors (Lipinski definition) is 4. The zero-order valence-corrected chi connectivity index (χ0v) is 23.1. The molecule has 0 radical (unpaired) electrons. The molecule has 3 fully saturated rings. The summed E-state index contributed by atoms with van der Waals surface area (Å²) >= 11 is 0. The lowest BCUT2D eigenvalue weighted by molar-refractivity contribution is -0.192. The maximum Gasteiger partial charge on any atom is 0.490 e. The van der Waals surface area contributed by atoms with Gasteiger partial charge >= 0.3 is 24.0 Å². The fourth-order valence-electron chi connectivity index (χ4n) is 5.32. The number of carboxylic acid groups (broad SMARTS) is 1. The Balaban J connectivity index is 0.000000517. The molecular formula is C29H36F3N5O5. The molecule has 2 aromatic carbocycles. The number of rotatable bonds is 7. The van der Waals surface area contributed by atoms with Gasteiger partial charge in [-0.15, -0.1) is 0 Å². The topological polar surface area (TPSA) is 123 Å². The molecule has 0 aromatic heterocycles. The highest BCUT2D eigenvalue weighted by Crippen LogP contribution is 2.26. The van der Waals surface area contributed by atoms with E-state index < -0.39 is 24.0 Å². The predicted molar refractivity (Wildman–Crippen MR) is 150 cm³/mol. The van der Waals surface area contributed by atoms with Crippen molar-refractivity contribution in [1.82, 2.24) is 15.5 Å². The van der Waals surface area contributed by atoms with E-state index in [4.69, 9.17) is 14.6 Å². The van der Waals surface area contributed by atoms with Crippen LogP contribution in [0.15, 0.2) is 54.6 Å². The summed E-state index contributed by atoms with van der Waals surface area (Å²) in [5, 5.41) is 16.1. The molecule has 0 bridgehead atoms. The van der Waals surface area contributed by atoms with Gasteiger partial charge < -0.3 is 30.7 Å². The Hall–Kier alpha value is -3.68. The summed E-state index contributed by atoms with van der Waals surface area (Å²) in [5.74, 6) is -3.47. The van der Waals surface area contributed by atoms with E-state index in [9.17, 15) is 22.8 Å². The monoisotopic (exact) mass is 591 g/mol. The summed E-state index contributed by atoms with van der Waals surface area (Å²) in [7, 11) is 0. The molecule has 3 aliphatic heterocycles. The summed E-state index contributed by atoms with van der Waals surface area (Å²) < 4.78 is 37.2.